The number of hydrogen-bond donors (Lipinski definition) is 2. The van der Waals surface area contributed by atoms with Crippen molar-refractivity contribution in [3.63, 3.8) is 0 Å². The predicted molar refractivity (Wildman–Crippen MR) is 82.5 cm³/mol. The van der Waals surface area contributed by atoms with Gasteiger partial charge in [-0.15, -0.1) is 0 Å². The molecule has 0 saturated carbocycles. The van der Waals surface area contributed by atoms with Gasteiger partial charge in [0, 0.05) is 31.5 Å². The number of carboxylic acid groups (broad SMARTS) is 1. The molecule has 1 aromatic rings. The number of urea groups is 1. The summed E-state index contributed by atoms with van der Waals surface area (Å²) in [5.74, 6) is -1.24. The molecule has 0 aliphatic carbocycles. The van der Waals surface area contributed by atoms with E-state index in [9.17, 15) is 9.59 Å². The maximum Gasteiger partial charge on any atom is 0.317 e. The maximum atomic E-state index is 12.1. The number of pyridine rings is 1. The van der Waals surface area contributed by atoms with Crippen LogP contribution in [0.2, 0.25) is 0 Å². The molecule has 2 rings (SSSR count). The van der Waals surface area contributed by atoms with Gasteiger partial charge in [-0.05, 0) is 44.2 Å². The zero-order chi connectivity index (χ0) is 15.9. The van der Waals surface area contributed by atoms with E-state index in [1.807, 2.05) is 25.3 Å². The largest absolute Gasteiger partial charge is 0.481 e. The number of carbonyl (C=O) groups excluding carboxylic acids is 1. The number of aliphatic carboxylic acids is 1. The van der Waals surface area contributed by atoms with Crippen molar-refractivity contribution in [2.75, 3.05) is 13.1 Å². The minimum atomic E-state index is -0.820. The topological polar surface area (TPSA) is 82.5 Å². The highest BCUT2D eigenvalue weighted by Gasteiger charge is 2.31. The summed E-state index contributed by atoms with van der Waals surface area (Å²) in [6, 6.07) is 3.89. The van der Waals surface area contributed by atoms with Gasteiger partial charge in [0.25, 0.3) is 0 Å². The summed E-state index contributed by atoms with van der Waals surface area (Å²) in [6.07, 6.45) is 6.96. The van der Waals surface area contributed by atoms with Gasteiger partial charge in [0.15, 0.2) is 0 Å². The second kappa shape index (κ2) is 7.77. The van der Waals surface area contributed by atoms with E-state index in [1.165, 1.54) is 5.56 Å². The lowest BCUT2D eigenvalue weighted by Crippen LogP contribution is -2.43. The van der Waals surface area contributed by atoms with Crippen molar-refractivity contribution in [1.29, 1.82) is 0 Å². The van der Waals surface area contributed by atoms with E-state index in [1.54, 1.807) is 11.1 Å². The number of amides is 2. The minimum Gasteiger partial charge on any atom is -0.481 e. The van der Waals surface area contributed by atoms with Gasteiger partial charge < -0.3 is 15.3 Å². The summed E-state index contributed by atoms with van der Waals surface area (Å²) in [7, 11) is 0. The Balaban J connectivity index is 1.67. The Bertz CT molecular complexity index is 507. The normalized spacial score (nSPS) is 19.0. The van der Waals surface area contributed by atoms with Crippen LogP contribution in [0.3, 0.4) is 0 Å². The van der Waals surface area contributed by atoms with Crippen LogP contribution in [-0.4, -0.2) is 46.1 Å². The molecule has 2 N–H and O–H groups in total. The number of carboxylic acids is 1. The molecule has 0 radical (unpaired) electrons. The monoisotopic (exact) mass is 305 g/mol. The van der Waals surface area contributed by atoms with Gasteiger partial charge in [-0.3, -0.25) is 9.78 Å². The molecule has 22 heavy (non-hydrogen) atoms. The molecule has 0 spiro atoms. The summed E-state index contributed by atoms with van der Waals surface area (Å²) >= 11 is 0. The smallest absolute Gasteiger partial charge is 0.317 e. The molecule has 120 valence electrons. The van der Waals surface area contributed by atoms with Gasteiger partial charge in [-0.2, -0.15) is 0 Å². The van der Waals surface area contributed by atoms with Crippen LogP contribution in [0.1, 0.15) is 31.7 Å². The summed E-state index contributed by atoms with van der Waals surface area (Å²) in [4.78, 5) is 28.6. The van der Waals surface area contributed by atoms with Crippen molar-refractivity contribution in [2.45, 2.75) is 38.6 Å². The lowest BCUT2D eigenvalue weighted by Gasteiger charge is -2.20. The van der Waals surface area contributed by atoms with Crippen LogP contribution in [0, 0.1) is 5.92 Å². The number of hydrogen-bond acceptors (Lipinski definition) is 3. The van der Waals surface area contributed by atoms with Crippen LogP contribution in [-0.2, 0) is 11.2 Å². The number of carbonyl (C=O) groups is 2. The Kier molecular flexibility index (Phi) is 5.75. The molecule has 1 aliphatic heterocycles. The fraction of sp³-hybridized carbons (Fsp3) is 0.562. The lowest BCUT2D eigenvalue weighted by molar-refractivity contribution is -0.141. The molecular formula is C16H23N3O3. The van der Waals surface area contributed by atoms with E-state index in [0.717, 1.165) is 19.3 Å². The fourth-order valence-electron chi connectivity index (χ4n) is 2.68. The third kappa shape index (κ3) is 4.72. The number of likely N-dealkylation sites (tertiary alicyclic amines) is 1. The molecule has 1 aromatic heterocycles. The van der Waals surface area contributed by atoms with Crippen molar-refractivity contribution in [3.05, 3.63) is 30.1 Å². The second-order valence-corrected chi connectivity index (χ2v) is 5.87. The van der Waals surface area contributed by atoms with Gasteiger partial charge in [0.05, 0.1) is 5.92 Å². The van der Waals surface area contributed by atoms with Gasteiger partial charge in [-0.25, -0.2) is 4.79 Å². The van der Waals surface area contributed by atoms with Crippen LogP contribution in [0.4, 0.5) is 4.79 Å². The minimum absolute atomic E-state index is 0.0769. The predicted octanol–water partition coefficient (Wildman–Crippen LogP) is 1.91. The zero-order valence-corrected chi connectivity index (χ0v) is 12.9. The maximum absolute atomic E-state index is 12.1. The average molecular weight is 305 g/mol. The Morgan fingerprint density at radius 2 is 2.36 bits per heavy atom. The third-order valence-electron chi connectivity index (χ3n) is 4.02. The first-order chi connectivity index (χ1) is 10.6. The van der Waals surface area contributed by atoms with Crippen molar-refractivity contribution in [2.24, 2.45) is 5.92 Å². The zero-order valence-electron chi connectivity index (χ0n) is 12.9. The van der Waals surface area contributed by atoms with E-state index < -0.39 is 11.9 Å². The quantitative estimate of drug-likeness (QED) is 0.841. The van der Waals surface area contributed by atoms with Crippen molar-refractivity contribution in [3.8, 4) is 0 Å². The van der Waals surface area contributed by atoms with E-state index in [2.05, 4.69) is 10.3 Å². The first kappa shape index (κ1) is 16.3. The average Bonchev–Trinajstić information content (AvgIpc) is 2.98. The molecule has 0 aromatic carbocycles. The third-order valence-corrected chi connectivity index (χ3v) is 4.02. The van der Waals surface area contributed by atoms with Crippen molar-refractivity contribution < 1.29 is 14.7 Å². The summed E-state index contributed by atoms with van der Waals surface area (Å²) in [5.41, 5.74) is 1.20. The van der Waals surface area contributed by atoms with Gasteiger partial charge in [-0.1, -0.05) is 6.07 Å². The fourth-order valence-corrected chi connectivity index (χ4v) is 2.68. The number of rotatable bonds is 6. The number of nitrogens with one attached hydrogen (secondary N) is 1. The van der Waals surface area contributed by atoms with Crippen LogP contribution < -0.4 is 5.32 Å². The Labute approximate surface area is 130 Å². The van der Waals surface area contributed by atoms with E-state index in [0.29, 0.717) is 19.5 Å². The molecule has 2 heterocycles. The molecule has 6 heteroatoms. The lowest BCUT2D eigenvalue weighted by atomic mass is 10.1. The molecule has 0 bridgehead atoms. The number of nitrogens with zero attached hydrogens (tertiary/aromatic N) is 2. The molecule has 2 atom stereocenters. The van der Waals surface area contributed by atoms with Crippen molar-refractivity contribution >= 4 is 12.0 Å². The highest BCUT2D eigenvalue weighted by atomic mass is 16.4. The Hall–Kier alpha value is -2.11. The van der Waals surface area contributed by atoms with Crippen LogP contribution in [0.15, 0.2) is 24.5 Å². The summed E-state index contributed by atoms with van der Waals surface area (Å²) in [6.45, 7) is 2.81. The van der Waals surface area contributed by atoms with Gasteiger partial charge in [0.1, 0.15) is 0 Å². The highest BCUT2D eigenvalue weighted by molar-refractivity contribution is 5.77. The van der Waals surface area contributed by atoms with Crippen molar-refractivity contribution in [1.82, 2.24) is 15.2 Å². The highest BCUT2D eigenvalue weighted by Crippen LogP contribution is 2.16. The SMILES string of the molecule is CC(CCCc1cccnc1)NC(=O)N1CCC(C(=O)O)C1. The number of aromatic nitrogens is 1. The molecule has 1 saturated heterocycles. The first-order valence-electron chi connectivity index (χ1n) is 7.73. The molecular weight excluding hydrogens is 282 g/mol. The molecule has 2 unspecified atom stereocenters. The van der Waals surface area contributed by atoms with E-state index >= 15 is 0 Å². The van der Waals surface area contributed by atoms with E-state index in [4.69, 9.17) is 5.11 Å². The molecule has 1 fully saturated rings. The molecule has 2 amide bonds. The van der Waals surface area contributed by atoms with Crippen LogP contribution in [0.5, 0.6) is 0 Å². The molecule has 6 nitrogen and oxygen atoms in total. The van der Waals surface area contributed by atoms with Crippen LogP contribution in [0.25, 0.3) is 0 Å². The first-order valence-corrected chi connectivity index (χ1v) is 7.73. The van der Waals surface area contributed by atoms with E-state index in [-0.39, 0.29) is 12.1 Å². The van der Waals surface area contributed by atoms with Crippen LogP contribution >= 0.6 is 0 Å². The summed E-state index contributed by atoms with van der Waals surface area (Å²) < 4.78 is 0. The van der Waals surface area contributed by atoms with Gasteiger partial charge in [0.2, 0.25) is 0 Å². The standard InChI is InChI=1S/C16H23N3O3/c1-12(4-2-5-13-6-3-8-17-10-13)18-16(22)19-9-7-14(11-19)15(20)21/h3,6,8,10,12,14H,2,4-5,7,9,11H2,1H3,(H,18,22)(H,20,21). The van der Waals surface area contributed by atoms with Gasteiger partial charge >= 0.3 is 12.0 Å². The molecule has 1 aliphatic rings. The second-order valence-electron chi connectivity index (χ2n) is 5.87. The number of aryl methyl sites for hydroxylation is 1. The Morgan fingerprint density at radius 1 is 1.55 bits per heavy atom. The summed E-state index contributed by atoms with van der Waals surface area (Å²) in [5, 5.41) is 11.9. The Morgan fingerprint density at radius 3 is 3.00 bits per heavy atom.